The van der Waals surface area contributed by atoms with Gasteiger partial charge in [-0.2, -0.15) is 0 Å². The van der Waals surface area contributed by atoms with Gasteiger partial charge in [0.15, 0.2) is 0 Å². The lowest BCUT2D eigenvalue weighted by Crippen LogP contribution is -2.12. The van der Waals surface area contributed by atoms with Crippen molar-refractivity contribution in [1.82, 2.24) is 9.97 Å². The lowest BCUT2D eigenvalue weighted by molar-refractivity contribution is -0.383. The molecule has 0 amide bonds. The summed E-state index contributed by atoms with van der Waals surface area (Å²) in [7, 11) is 0. The Hall–Kier alpha value is -3.49. The molecule has 0 unspecified atom stereocenters. The molecule has 0 spiro atoms. The van der Waals surface area contributed by atoms with Gasteiger partial charge in [0.2, 0.25) is 11.6 Å². The van der Waals surface area contributed by atoms with E-state index in [9.17, 15) is 14.9 Å². The number of benzene rings is 1. The number of carbonyl (C=O) groups is 1. The van der Waals surface area contributed by atoms with E-state index in [1.54, 1.807) is 31.2 Å². The highest BCUT2D eigenvalue weighted by Crippen LogP contribution is 2.32. The predicted octanol–water partition coefficient (Wildman–Crippen LogP) is 4.61. The molecule has 158 valence electrons. The molecule has 2 aromatic rings. The molecule has 1 heterocycles. The number of allylic oxidation sites excluding steroid dienone is 1. The minimum atomic E-state index is -0.530. The van der Waals surface area contributed by atoms with Gasteiger partial charge >= 0.3 is 11.7 Å². The van der Waals surface area contributed by atoms with E-state index in [0.717, 1.165) is 19.3 Å². The van der Waals surface area contributed by atoms with Gasteiger partial charge in [0.1, 0.15) is 6.33 Å². The molecule has 0 saturated carbocycles. The van der Waals surface area contributed by atoms with Crippen molar-refractivity contribution in [1.29, 1.82) is 0 Å². The first-order valence-electron chi connectivity index (χ1n) is 10.0. The van der Waals surface area contributed by atoms with Gasteiger partial charge in [0.25, 0.3) is 0 Å². The zero-order valence-electron chi connectivity index (χ0n) is 16.9. The number of rotatable bonds is 9. The standard InChI is InChI=1S/C21H25N5O4/c1-2-30-21(27)16-10-6-7-11-17(16)25-20-18(26(28)29)19(23-14-24-20)22-13-12-15-8-4-3-5-9-15/h6-8,10-11,14H,2-5,9,12-13H2,1H3,(H2,22,23,24,25). The molecular weight excluding hydrogens is 386 g/mol. The van der Waals surface area contributed by atoms with Crippen LogP contribution in [-0.4, -0.2) is 34.0 Å². The number of esters is 1. The first-order valence-corrected chi connectivity index (χ1v) is 10.0. The van der Waals surface area contributed by atoms with Crippen molar-refractivity contribution in [3.63, 3.8) is 0 Å². The third-order valence-electron chi connectivity index (χ3n) is 4.80. The summed E-state index contributed by atoms with van der Waals surface area (Å²) >= 11 is 0. The van der Waals surface area contributed by atoms with Gasteiger partial charge in [-0.05, 0) is 51.2 Å². The molecule has 1 aromatic heterocycles. The van der Waals surface area contributed by atoms with Gasteiger partial charge in [0.05, 0.1) is 22.8 Å². The summed E-state index contributed by atoms with van der Waals surface area (Å²) in [6, 6.07) is 6.64. The summed E-state index contributed by atoms with van der Waals surface area (Å²) < 4.78 is 5.06. The Morgan fingerprint density at radius 3 is 2.77 bits per heavy atom. The molecule has 0 saturated heterocycles. The smallest absolute Gasteiger partial charge is 0.353 e. The minimum Gasteiger partial charge on any atom is -0.462 e. The van der Waals surface area contributed by atoms with Crippen LogP contribution in [0.4, 0.5) is 23.0 Å². The minimum absolute atomic E-state index is 0.00568. The van der Waals surface area contributed by atoms with E-state index in [4.69, 9.17) is 4.74 Å². The Labute approximate surface area is 174 Å². The zero-order chi connectivity index (χ0) is 21.3. The number of nitro groups is 1. The number of hydrogen-bond donors (Lipinski definition) is 2. The molecule has 0 bridgehead atoms. The number of aromatic nitrogens is 2. The molecule has 30 heavy (non-hydrogen) atoms. The van der Waals surface area contributed by atoms with E-state index in [0.29, 0.717) is 12.2 Å². The number of ether oxygens (including phenoxy) is 1. The van der Waals surface area contributed by atoms with E-state index >= 15 is 0 Å². The van der Waals surface area contributed by atoms with Crippen molar-refractivity contribution in [3.05, 3.63) is 57.9 Å². The van der Waals surface area contributed by atoms with Crippen LogP contribution in [0.2, 0.25) is 0 Å². The highest BCUT2D eigenvalue weighted by Gasteiger charge is 2.24. The largest absolute Gasteiger partial charge is 0.462 e. The van der Waals surface area contributed by atoms with Gasteiger partial charge in [0, 0.05) is 6.54 Å². The van der Waals surface area contributed by atoms with Crippen LogP contribution in [0.25, 0.3) is 0 Å². The number of nitrogens with one attached hydrogen (secondary N) is 2. The third kappa shape index (κ3) is 5.31. The molecule has 3 rings (SSSR count). The molecule has 1 aromatic carbocycles. The normalized spacial score (nSPS) is 13.3. The van der Waals surface area contributed by atoms with Crippen molar-refractivity contribution in [2.45, 2.75) is 39.0 Å². The highest BCUT2D eigenvalue weighted by molar-refractivity contribution is 5.96. The maximum atomic E-state index is 12.2. The molecule has 1 aliphatic rings. The Kier molecular flexibility index (Phi) is 7.31. The highest BCUT2D eigenvalue weighted by atomic mass is 16.6. The fourth-order valence-electron chi connectivity index (χ4n) is 3.35. The number of anilines is 3. The van der Waals surface area contributed by atoms with Crippen LogP contribution in [0.3, 0.4) is 0 Å². The second-order valence-electron chi connectivity index (χ2n) is 6.85. The van der Waals surface area contributed by atoms with Gasteiger partial charge < -0.3 is 15.4 Å². The average molecular weight is 411 g/mol. The first-order chi connectivity index (χ1) is 14.6. The molecule has 1 aliphatic carbocycles. The van der Waals surface area contributed by atoms with Crippen LogP contribution < -0.4 is 10.6 Å². The third-order valence-corrected chi connectivity index (χ3v) is 4.80. The van der Waals surface area contributed by atoms with E-state index in [1.807, 2.05) is 0 Å². The summed E-state index contributed by atoms with van der Waals surface area (Å²) in [6.45, 7) is 2.48. The van der Waals surface area contributed by atoms with Crippen molar-refractivity contribution >= 4 is 29.0 Å². The average Bonchev–Trinajstić information content (AvgIpc) is 2.75. The number of hydrogen-bond acceptors (Lipinski definition) is 8. The second kappa shape index (κ2) is 10.3. The molecule has 9 heteroatoms. The van der Waals surface area contributed by atoms with Crippen LogP contribution in [0.5, 0.6) is 0 Å². The lowest BCUT2D eigenvalue weighted by atomic mass is 9.97. The summed E-state index contributed by atoms with van der Waals surface area (Å²) in [6.07, 6.45) is 8.89. The second-order valence-corrected chi connectivity index (χ2v) is 6.85. The number of carbonyl (C=O) groups excluding carboxylic acids is 1. The molecule has 0 fully saturated rings. The van der Waals surface area contributed by atoms with Gasteiger partial charge in [-0.25, -0.2) is 14.8 Å². The molecule has 0 radical (unpaired) electrons. The summed E-state index contributed by atoms with van der Waals surface area (Å²) in [4.78, 5) is 31.5. The van der Waals surface area contributed by atoms with E-state index in [1.165, 1.54) is 24.7 Å². The van der Waals surface area contributed by atoms with Crippen molar-refractivity contribution in [2.24, 2.45) is 0 Å². The molecule has 2 N–H and O–H groups in total. The van der Waals surface area contributed by atoms with Gasteiger partial charge in [-0.3, -0.25) is 10.1 Å². The fourth-order valence-corrected chi connectivity index (χ4v) is 3.35. The van der Waals surface area contributed by atoms with Gasteiger partial charge in [-0.1, -0.05) is 23.8 Å². The SMILES string of the molecule is CCOC(=O)c1ccccc1Nc1ncnc(NCCC2=CCCCC2)c1[N+](=O)[O-]. The quantitative estimate of drug-likeness (QED) is 0.266. The van der Waals surface area contributed by atoms with E-state index in [-0.39, 0.29) is 29.5 Å². The molecular formula is C21H25N5O4. The van der Waals surface area contributed by atoms with E-state index in [2.05, 4.69) is 26.7 Å². The van der Waals surface area contributed by atoms with E-state index < -0.39 is 10.9 Å². The summed E-state index contributed by atoms with van der Waals surface area (Å²) in [5.41, 5.74) is 1.74. The maximum absolute atomic E-state index is 12.2. The van der Waals surface area contributed by atoms with Crippen LogP contribution >= 0.6 is 0 Å². The Morgan fingerprint density at radius 1 is 1.23 bits per heavy atom. The van der Waals surface area contributed by atoms with Crippen LogP contribution in [0.15, 0.2) is 42.2 Å². The van der Waals surface area contributed by atoms with Crippen LogP contribution in [0.1, 0.15) is 49.4 Å². The first kappa shape index (κ1) is 21.2. The molecule has 0 aliphatic heterocycles. The Balaban J connectivity index is 1.80. The monoisotopic (exact) mass is 411 g/mol. The molecule has 9 nitrogen and oxygen atoms in total. The van der Waals surface area contributed by atoms with Crippen LogP contribution in [0, 0.1) is 10.1 Å². The number of nitrogens with zero attached hydrogens (tertiary/aromatic N) is 3. The van der Waals surface area contributed by atoms with Crippen LogP contribution in [-0.2, 0) is 4.74 Å². The summed E-state index contributed by atoms with van der Waals surface area (Å²) in [5, 5.41) is 17.7. The van der Waals surface area contributed by atoms with Crippen molar-refractivity contribution < 1.29 is 14.5 Å². The van der Waals surface area contributed by atoms with Crippen molar-refractivity contribution in [2.75, 3.05) is 23.8 Å². The molecule has 0 atom stereocenters. The number of para-hydroxylation sites is 1. The predicted molar refractivity (Wildman–Crippen MR) is 114 cm³/mol. The topological polar surface area (TPSA) is 119 Å². The lowest BCUT2D eigenvalue weighted by Gasteiger charge is -2.14. The Bertz CT molecular complexity index is 945. The fraction of sp³-hybridized carbons (Fsp3) is 0.381. The van der Waals surface area contributed by atoms with Gasteiger partial charge in [-0.15, -0.1) is 0 Å². The maximum Gasteiger partial charge on any atom is 0.353 e. The zero-order valence-corrected chi connectivity index (χ0v) is 16.9. The van der Waals surface area contributed by atoms with Crippen molar-refractivity contribution in [3.8, 4) is 0 Å². The summed E-state index contributed by atoms with van der Waals surface area (Å²) in [5.74, 6) is -0.370. The Morgan fingerprint density at radius 2 is 2.03 bits per heavy atom.